The molecule has 0 amide bonds. The standard InChI is InChI=1S/C17H25N3O/c1-5-20-15(4)17(14(3)19-20)13(2)18-11-12-21-16-9-7-6-8-10-16/h6-10,13,18H,5,11-12H2,1-4H3. The van der Waals surface area contributed by atoms with Gasteiger partial charge in [-0.3, -0.25) is 4.68 Å². The van der Waals surface area contributed by atoms with Gasteiger partial charge in [0, 0.05) is 30.4 Å². The van der Waals surface area contributed by atoms with Crippen LogP contribution < -0.4 is 10.1 Å². The molecular weight excluding hydrogens is 262 g/mol. The van der Waals surface area contributed by atoms with Crippen LogP contribution in [0.3, 0.4) is 0 Å². The van der Waals surface area contributed by atoms with Gasteiger partial charge in [0.15, 0.2) is 0 Å². The Morgan fingerprint density at radius 3 is 2.57 bits per heavy atom. The lowest BCUT2D eigenvalue weighted by Crippen LogP contribution is -2.25. The number of nitrogens with zero attached hydrogens (tertiary/aromatic N) is 2. The lowest BCUT2D eigenvalue weighted by Gasteiger charge is -2.15. The van der Waals surface area contributed by atoms with Crippen LogP contribution in [0.25, 0.3) is 0 Å². The van der Waals surface area contributed by atoms with Crippen molar-refractivity contribution in [3.05, 3.63) is 47.3 Å². The van der Waals surface area contributed by atoms with Crippen LogP contribution in [0.2, 0.25) is 0 Å². The molecule has 0 aliphatic rings. The molecule has 0 aliphatic heterocycles. The van der Waals surface area contributed by atoms with Gasteiger partial charge in [-0.1, -0.05) is 18.2 Å². The number of rotatable bonds is 7. The molecule has 4 heteroatoms. The third-order valence-corrected chi connectivity index (χ3v) is 3.73. The fourth-order valence-corrected chi connectivity index (χ4v) is 2.71. The Morgan fingerprint density at radius 2 is 1.95 bits per heavy atom. The van der Waals surface area contributed by atoms with E-state index in [0.29, 0.717) is 6.61 Å². The monoisotopic (exact) mass is 287 g/mol. The number of ether oxygens (including phenoxy) is 1. The Hall–Kier alpha value is -1.81. The molecule has 0 bridgehead atoms. The molecule has 1 aromatic heterocycles. The summed E-state index contributed by atoms with van der Waals surface area (Å²) in [5.74, 6) is 0.915. The van der Waals surface area contributed by atoms with Crippen LogP contribution in [0.4, 0.5) is 0 Å². The summed E-state index contributed by atoms with van der Waals surface area (Å²) in [5, 5.41) is 8.08. The molecule has 1 atom stereocenters. The van der Waals surface area contributed by atoms with Crippen LogP contribution in [0, 0.1) is 13.8 Å². The minimum atomic E-state index is 0.282. The molecule has 114 valence electrons. The van der Waals surface area contributed by atoms with Crippen molar-refractivity contribution in [2.45, 2.75) is 40.3 Å². The molecule has 2 rings (SSSR count). The van der Waals surface area contributed by atoms with E-state index in [2.05, 4.69) is 42.8 Å². The largest absolute Gasteiger partial charge is 0.492 e. The molecule has 0 saturated carbocycles. The predicted octanol–water partition coefficient (Wildman–Crippen LogP) is 3.25. The second-order valence-electron chi connectivity index (χ2n) is 5.24. The summed E-state index contributed by atoms with van der Waals surface area (Å²) in [6.45, 7) is 10.9. The van der Waals surface area contributed by atoms with E-state index in [-0.39, 0.29) is 6.04 Å². The van der Waals surface area contributed by atoms with E-state index < -0.39 is 0 Å². The Balaban J connectivity index is 1.85. The highest BCUT2D eigenvalue weighted by Crippen LogP contribution is 2.21. The van der Waals surface area contributed by atoms with E-state index in [1.807, 2.05) is 30.3 Å². The maximum atomic E-state index is 5.70. The average molecular weight is 287 g/mol. The van der Waals surface area contributed by atoms with E-state index in [4.69, 9.17) is 4.74 Å². The Kier molecular flexibility index (Phi) is 5.39. The Morgan fingerprint density at radius 1 is 1.24 bits per heavy atom. The summed E-state index contributed by atoms with van der Waals surface area (Å²) >= 11 is 0. The van der Waals surface area contributed by atoms with Crippen molar-refractivity contribution in [2.24, 2.45) is 0 Å². The molecule has 0 aliphatic carbocycles. The molecular formula is C17H25N3O. The molecule has 0 fully saturated rings. The van der Waals surface area contributed by atoms with Gasteiger partial charge in [-0.15, -0.1) is 0 Å². The number of aromatic nitrogens is 2. The first-order chi connectivity index (χ1) is 10.1. The zero-order valence-electron chi connectivity index (χ0n) is 13.4. The maximum Gasteiger partial charge on any atom is 0.119 e. The van der Waals surface area contributed by atoms with Gasteiger partial charge in [0.1, 0.15) is 12.4 Å². The minimum absolute atomic E-state index is 0.282. The summed E-state index contributed by atoms with van der Waals surface area (Å²) in [6.07, 6.45) is 0. The highest BCUT2D eigenvalue weighted by Gasteiger charge is 2.16. The molecule has 1 N–H and O–H groups in total. The van der Waals surface area contributed by atoms with Gasteiger partial charge in [0.05, 0.1) is 5.69 Å². The molecule has 21 heavy (non-hydrogen) atoms. The van der Waals surface area contributed by atoms with Gasteiger partial charge in [-0.25, -0.2) is 0 Å². The summed E-state index contributed by atoms with van der Waals surface area (Å²) in [5.41, 5.74) is 3.66. The molecule has 4 nitrogen and oxygen atoms in total. The predicted molar refractivity (Wildman–Crippen MR) is 85.7 cm³/mol. The third kappa shape index (κ3) is 3.85. The van der Waals surface area contributed by atoms with Crippen LogP contribution in [0.15, 0.2) is 30.3 Å². The lowest BCUT2D eigenvalue weighted by molar-refractivity contribution is 0.307. The van der Waals surface area contributed by atoms with Crippen molar-refractivity contribution < 1.29 is 4.74 Å². The third-order valence-electron chi connectivity index (χ3n) is 3.73. The van der Waals surface area contributed by atoms with Gasteiger partial charge in [0.25, 0.3) is 0 Å². The Bertz CT molecular complexity index is 563. The summed E-state index contributed by atoms with van der Waals surface area (Å²) < 4.78 is 7.75. The normalized spacial score (nSPS) is 12.4. The SMILES string of the molecule is CCn1nc(C)c(C(C)NCCOc2ccccc2)c1C. The van der Waals surface area contributed by atoms with Crippen molar-refractivity contribution in [3.63, 3.8) is 0 Å². The maximum absolute atomic E-state index is 5.70. The molecule has 1 unspecified atom stereocenters. The second kappa shape index (κ2) is 7.27. The first kappa shape index (κ1) is 15.6. The second-order valence-corrected chi connectivity index (χ2v) is 5.24. The fourth-order valence-electron chi connectivity index (χ4n) is 2.71. The van der Waals surface area contributed by atoms with Crippen molar-refractivity contribution >= 4 is 0 Å². The van der Waals surface area contributed by atoms with Crippen molar-refractivity contribution in [1.82, 2.24) is 15.1 Å². The highest BCUT2D eigenvalue weighted by molar-refractivity contribution is 5.27. The van der Waals surface area contributed by atoms with Gasteiger partial charge in [0.2, 0.25) is 0 Å². The summed E-state index contributed by atoms with van der Waals surface area (Å²) in [4.78, 5) is 0. The number of nitrogens with one attached hydrogen (secondary N) is 1. The van der Waals surface area contributed by atoms with Crippen molar-refractivity contribution in [2.75, 3.05) is 13.2 Å². The molecule has 0 saturated heterocycles. The number of hydrogen-bond donors (Lipinski definition) is 1. The van der Waals surface area contributed by atoms with E-state index >= 15 is 0 Å². The van der Waals surface area contributed by atoms with Crippen molar-refractivity contribution in [3.8, 4) is 5.75 Å². The van der Waals surface area contributed by atoms with Crippen LogP contribution in [0.1, 0.15) is 36.8 Å². The van der Waals surface area contributed by atoms with Crippen LogP contribution in [-0.4, -0.2) is 22.9 Å². The highest BCUT2D eigenvalue weighted by atomic mass is 16.5. The first-order valence-corrected chi connectivity index (χ1v) is 7.58. The Labute approximate surface area is 127 Å². The van der Waals surface area contributed by atoms with E-state index in [0.717, 1.165) is 24.5 Å². The van der Waals surface area contributed by atoms with Crippen molar-refractivity contribution in [1.29, 1.82) is 0 Å². The van der Waals surface area contributed by atoms with Crippen LogP contribution in [0.5, 0.6) is 5.75 Å². The van der Waals surface area contributed by atoms with Gasteiger partial charge in [-0.05, 0) is 39.8 Å². The van der Waals surface area contributed by atoms with Crippen LogP contribution in [-0.2, 0) is 6.54 Å². The molecule has 0 spiro atoms. The summed E-state index contributed by atoms with van der Waals surface area (Å²) in [7, 11) is 0. The fraction of sp³-hybridized carbons (Fsp3) is 0.471. The van der Waals surface area contributed by atoms with Crippen LogP contribution >= 0.6 is 0 Å². The van der Waals surface area contributed by atoms with Gasteiger partial charge >= 0.3 is 0 Å². The minimum Gasteiger partial charge on any atom is -0.492 e. The van der Waals surface area contributed by atoms with Gasteiger partial charge < -0.3 is 10.1 Å². The molecule has 2 aromatic rings. The number of hydrogen-bond acceptors (Lipinski definition) is 3. The zero-order valence-corrected chi connectivity index (χ0v) is 13.4. The topological polar surface area (TPSA) is 39.1 Å². The molecule has 1 aromatic carbocycles. The lowest BCUT2D eigenvalue weighted by atomic mass is 10.1. The smallest absolute Gasteiger partial charge is 0.119 e. The number of aryl methyl sites for hydroxylation is 2. The van der Waals surface area contributed by atoms with E-state index in [9.17, 15) is 0 Å². The molecule has 1 heterocycles. The molecule has 0 radical (unpaired) electrons. The number of para-hydroxylation sites is 1. The summed E-state index contributed by atoms with van der Waals surface area (Å²) in [6, 6.07) is 10.2. The average Bonchev–Trinajstić information content (AvgIpc) is 2.79. The van der Waals surface area contributed by atoms with E-state index in [1.54, 1.807) is 0 Å². The first-order valence-electron chi connectivity index (χ1n) is 7.58. The number of benzene rings is 1. The van der Waals surface area contributed by atoms with E-state index in [1.165, 1.54) is 11.3 Å². The van der Waals surface area contributed by atoms with Gasteiger partial charge in [-0.2, -0.15) is 5.10 Å². The quantitative estimate of drug-likeness (QED) is 0.795. The zero-order chi connectivity index (χ0) is 15.2.